The normalized spacial score (nSPS) is 9.83. The first-order valence-corrected chi connectivity index (χ1v) is 4.20. The number of carbonyl (C=O) groups is 1. The smallest absolute Gasteiger partial charge is 0.356 e. The average molecular weight is 299 g/mol. The van der Waals surface area contributed by atoms with Crippen molar-refractivity contribution in [2.75, 3.05) is 5.73 Å². The van der Waals surface area contributed by atoms with Crippen molar-refractivity contribution in [3.63, 3.8) is 0 Å². The molecule has 0 spiro atoms. The Balaban J connectivity index is 3.37. The highest BCUT2D eigenvalue weighted by Crippen LogP contribution is 2.20. The van der Waals surface area contributed by atoms with E-state index in [1.54, 1.807) is 22.6 Å². The van der Waals surface area contributed by atoms with E-state index in [0.29, 0.717) is 0 Å². The van der Waals surface area contributed by atoms with Gasteiger partial charge in [0.1, 0.15) is 10.8 Å². The molecule has 0 amide bonds. The molecule has 3 N–H and O–H groups in total. The molecule has 1 aromatic rings. The molecule has 0 aliphatic carbocycles. The van der Waals surface area contributed by atoms with Crippen LogP contribution in [0.15, 0.2) is 0 Å². The second kappa shape index (κ2) is 3.40. The molecule has 0 aromatic carbocycles. The second-order valence-electron chi connectivity index (χ2n) is 1.85. The van der Waals surface area contributed by atoms with Crippen molar-refractivity contribution in [1.82, 2.24) is 9.97 Å². The summed E-state index contributed by atoms with van der Waals surface area (Å²) in [5, 5.41) is 8.46. The second-order valence-corrected chi connectivity index (χ2v) is 3.19. The van der Waals surface area contributed by atoms with E-state index in [2.05, 4.69) is 9.97 Å². The Morgan fingerprint density at radius 1 is 1.58 bits per heavy atom. The Morgan fingerprint density at radius 3 is 2.67 bits per heavy atom. The Hall–Kier alpha value is -0.630. The molecule has 0 saturated carbocycles. The van der Waals surface area contributed by atoms with Crippen LogP contribution in [-0.2, 0) is 0 Å². The summed E-state index contributed by atoms with van der Waals surface area (Å²) >= 11 is 7.28. The minimum Gasteiger partial charge on any atom is -0.476 e. The third-order valence-corrected chi connectivity index (χ3v) is 1.91. The SMILES string of the molecule is Nc1nc(I)nc(C(=O)O)c1Cl. The summed E-state index contributed by atoms with van der Waals surface area (Å²) in [5.74, 6) is -1.24. The van der Waals surface area contributed by atoms with Crippen LogP contribution in [-0.4, -0.2) is 21.0 Å². The molecular formula is C5H3ClIN3O2. The van der Waals surface area contributed by atoms with Gasteiger partial charge >= 0.3 is 5.97 Å². The Labute approximate surface area is 86.1 Å². The molecule has 5 nitrogen and oxygen atoms in total. The molecule has 1 aromatic heterocycles. The number of nitrogen functional groups attached to an aromatic ring is 1. The molecule has 1 rings (SSSR count). The number of nitrogens with two attached hydrogens (primary N) is 1. The number of hydrogen-bond donors (Lipinski definition) is 2. The predicted octanol–water partition coefficient (Wildman–Crippen LogP) is 1.02. The van der Waals surface area contributed by atoms with Crippen LogP contribution >= 0.6 is 34.2 Å². The topological polar surface area (TPSA) is 89.1 Å². The number of nitrogens with zero attached hydrogens (tertiary/aromatic N) is 2. The van der Waals surface area contributed by atoms with Gasteiger partial charge in [0, 0.05) is 22.6 Å². The van der Waals surface area contributed by atoms with Gasteiger partial charge in [0.2, 0.25) is 0 Å². The van der Waals surface area contributed by atoms with E-state index >= 15 is 0 Å². The molecule has 0 unspecified atom stereocenters. The molecule has 0 aliphatic heterocycles. The molecule has 64 valence electrons. The first-order valence-electron chi connectivity index (χ1n) is 2.74. The Bertz CT molecular complexity index is 344. The standard InChI is InChI=1S/C5H3ClIN3O2/c6-1-2(4(11)12)9-5(7)10-3(1)8/h(H,11,12)(H2,8,9,10). The highest BCUT2D eigenvalue weighted by molar-refractivity contribution is 14.1. The van der Waals surface area contributed by atoms with Gasteiger partial charge in [-0.1, -0.05) is 11.6 Å². The van der Waals surface area contributed by atoms with E-state index in [1.165, 1.54) is 0 Å². The summed E-state index contributed by atoms with van der Waals surface area (Å²) in [6.07, 6.45) is 0. The molecule has 0 atom stereocenters. The summed E-state index contributed by atoms with van der Waals surface area (Å²) in [4.78, 5) is 17.8. The van der Waals surface area contributed by atoms with Crippen molar-refractivity contribution in [2.45, 2.75) is 0 Å². The molecule has 0 saturated heterocycles. The number of anilines is 1. The summed E-state index contributed by atoms with van der Waals surface area (Å²) in [6.45, 7) is 0. The number of aromatic carboxylic acids is 1. The average Bonchev–Trinajstić information content (AvgIpc) is 1.96. The zero-order valence-corrected chi connectivity index (χ0v) is 8.50. The molecule has 0 bridgehead atoms. The zero-order chi connectivity index (χ0) is 9.30. The van der Waals surface area contributed by atoms with Gasteiger partial charge in [-0.15, -0.1) is 0 Å². The maximum absolute atomic E-state index is 10.5. The van der Waals surface area contributed by atoms with Gasteiger partial charge in [-0.05, 0) is 0 Å². The van der Waals surface area contributed by atoms with Gasteiger partial charge in [-0.2, -0.15) is 0 Å². The van der Waals surface area contributed by atoms with Gasteiger partial charge in [0.25, 0.3) is 0 Å². The van der Waals surface area contributed by atoms with E-state index in [0.717, 1.165) is 0 Å². The van der Waals surface area contributed by atoms with Crippen LogP contribution in [0.25, 0.3) is 0 Å². The third-order valence-electron chi connectivity index (χ3n) is 1.05. The molecule has 1 heterocycles. The van der Waals surface area contributed by atoms with Crippen LogP contribution in [0, 0.1) is 3.83 Å². The zero-order valence-electron chi connectivity index (χ0n) is 5.58. The monoisotopic (exact) mass is 299 g/mol. The largest absolute Gasteiger partial charge is 0.476 e. The van der Waals surface area contributed by atoms with Crippen LogP contribution in [0.4, 0.5) is 5.82 Å². The Kier molecular flexibility index (Phi) is 2.68. The van der Waals surface area contributed by atoms with E-state index < -0.39 is 5.97 Å². The fourth-order valence-corrected chi connectivity index (χ4v) is 1.24. The fraction of sp³-hybridized carbons (Fsp3) is 0. The number of rotatable bonds is 1. The van der Waals surface area contributed by atoms with E-state index in [1.807, 2.05) is 0 Å². The van der Waals surface area contributed by atoms with Crippen molar-refractivity contribution >= 4 is 46.0 Å². The molecule has 0 aliphatic rings. The number of carboxylic acid groups (broad SMARTS) is 1. The minimum absolute atomic E-state index is 0.0199. The summed E-state index contributed by atoms with van der Waals surface area (Å²) in [6, 6.07) is 0. The maximum Gasteiger partial charge on any atom is 0.356 e. The number of hydrogen-bond acceptors (Lipinski definition) is 4. The predicted molar refractivity (Wildman–Crippen MR) is 51.1 cm³/mol. The highest BCUT2D eigenvalue weighted by atomic mass is 127. The van der Waals surface area contributed by atoms with E-state index in [9.17, 15) is 4.79 Å². The van der Waals surface area contributed by atoms with Crippen molar-refractivity contribution < 1.29 is 9.90 Å². The number of aromatic nitrogens is 2. The molecule has 7 heteroatoms. The van der Waals surface area contributed by atoms with Crippen LogP contribution < -0.4 is 5.73 Å². The van der Waals surface area contributed by atoms with E-state index in [-0.39, 0.29) is 20.4 Å². The van der Waals surface area contributed by atoms with Gasteiger partial charge in [0.15, 0.2) is 9.53 Å². The maximum atomic E-state index is 10.5. The quantitative estimate of drug-likeness (QED) is 0.597. The van der Waals surface area contributed by atoms with E-state index in [4.69, 9.17) is 22.4 Å². The van der Waals surface area contributed by atoms with Gasteiger partial charge in [-0.25, -0.2) is 14.8 Å². The first-order chi connectivity index (χ1) is 5.52. The summed E-state index contributed by atoms with van der Waals surface area (Å²) in [5.41, 5.74) is 5.04. The number of halogens is 2. The molecule has 0 radical (unpaired) electrons. The fourth-order valence-electron chi connectivity index (χ4n) is 0.578. The lowest BCUT2D eigenvalue weighted by atomic mass is 10.4. The van der Waals surface area contributed by atoms with Crippen molar-refractivity contribution in [2.24, 2.45) is 0 Å². The van der Waals surface area contributed by atoms with Crippen LogP contribution in [0.5, 0.6) is 0 Å². The summed E-state index contributed by atoms with van der Waals surface area (Å²) in [7, 11) is 0. The first kappa shape index (κ1) is 9.46. The lowest BCUT2D eigenvalue weighted by Gasteiger charge is -2.00. The lowest BCUT2D eigenvalue weighted by Crippen LogP contribution is -2.07. The van der Waals surface area contributed by atoms with Gasteiger partial charge < -0.3 is 10.8 Å². The molecular weight excluding hydrogens is 296 g/mol. The summed E-state index contributed by atoms with van der Waals surface area (Å²) < 4.78 is 0.256. The van der Waals surface area contributed by atoms with Gasteiger partial charge in [-0.3, -0.25) is 0 Å². The molecule has 0 fully saturated rings. The van der Waals surface area contributed by atoms with Crippen molar-refractivity contribution in [1.29, 1.82) is 0 Å². The number of carboxylic acids is 1. The van der Waals surface area contributed by atoms with Crippen LogP contribution in [0.2, 0.25) is 5.02 Å². The lowest BCUT2D eigenvalue weighted by molar-refractivity contribution is 0.0690. The van der Waals surface area contributed by atoms with Crippen molar-refractivity contribution in [3.05, 3.63) is 14.5 Å². The Morgan fingerprint density at radius 2 is 2.17 bits per heavy atom. The molecule has 12 heavy (non-hydrogen) atoms. The van der Waals surface area contributed by atoms with Crippen LogP contribution in [0.1, 0.15) is 10.5 Å². The third kappa shape index (κ3) is 1.75. The van der Waals surface area contributed by atoms with Crippen LogP contribution in [0.3, 0.4) is 0 Å². The minimum atomic E-state index is -1.22. The highest BCUT2D eigenvalue weighted by Gasteiger charge is 2.15. The van der Waals surface area contributed by atoms with Crippen molar-refractivity contribution in [3.8, 4) is 0 Å². The van der Waals surface area contributed by atoms with Gasteiger partial charge in [0.05, 0.1) is 0 Å².